The van der Waals surface area contributed by atoms with Gasteiger partial charge in [-0.05, 0) is 80.8 Å². The Morgan fingerprint density at radius 1 is 0.915 bits per heavy atom. The first-order valence-corrected chi connectivity index (χ1v) is 16.1. The van der Waals surface area contributed by atoms with E-state index in [-0.39, 0.29) is 61.7 Å². The lowest BCUT2D eigenvalue weighted by molar-refractivity contribution is -0.127. The predicted octanol–water partition coefficient (Wildman–Crippen LogP) is 3.30. The van der Waals surface area contributed by atoms with Crippen LogP contribution in [0, 0.1) is 0 Å². The lowest BCUT2D eigenvalue weighted by Gasteiger charge is -2.31. The molecule has 0 bridgehead atoms. The van der Waals surface area contributed by atoms with Crippen molar-refractivity contribution in [3.05, 3.63) is 71.6 Å². The molecule has 0 aliphatic heterocycles. The summed E-state index contributed by atoms with van der Waals surface area (Å²) < 4.78 is 5.53. The van der Waals surface area contributed by atoms with E-state index in [1.807, 2.05) is 31.2 Å². The molecule has 1 unspecified atom stereocenters. The molecule has 0 aromatic heterocycles. The van der Waals surface area contributed by atoms with Gasteiger partial charge in [0.1, 0.15) is 17.8 Å². The fraction of sp³-hybridized carbons (Fsp3) is 0.486. The maximum atomic E-state index is 12.7. The number of nitrogens with two attached hydrogens (primary N) is 2. The highest BCUT2D eigenvalue weighted by molar-refractivity contribution is 5.87. The molecule has 0 saturated heterocycles. The zero-order valence-electron chi connectivity index (χ0n) is 27.6. The minimum Gasteiger partial charge on any atom is -0.508 e. The largest absolute Gasteiger partial charge is 0.508 e. The smallest absolute Gasteiger partial charge is 0.222 e. The fourth-order valence-corrected chi connectivity index (χ4v) is 5.11. The number of phenolic OH excluding ortho intramolecular Hbond substituents is 2. The molecule has 1 atom stereocenters. The summed E-state index contributed by atoms with van der Waals surface area (Å²) >= 11 is 0. The minimum atomic E-state index is -0.592. The van der Waals surface area contributed by atoms with Crippen LogP contribution in [0.15, 0.2) is 60.4 Å². The van der Waals surface area contributed by atoms with E-state index in [0.717, 1.165) is 17.4 Å². The average molecular weight is 654 g/mol. The summed E-state index contributed by atoms with van der Waals surface area (Å²) in [5, 5.41) is 26.6. The van der Waals surface area contributed by atoms with Gasteiger partial charge in [-0.25, -0.2) is 5.84 Å². The Hall–Kier alpha value is -4.42. The van der Waals surface area contributed by atoms with Crippen LogP contribution in [-0.2, 0) is 29.3 Å². The number of amides is 2. The molecule has 0 radical (unpaired) electrons. The Kier molecular flexibility index (Phi) is 17.0. The minimum absolute atomic E-state index is 0.0834. The van der Waals surface area contributed by atoms with Crippen molar-refractivity contribution in [2.24, 2.45) is 11.6 Å². The molecule has 2 aromatic carbocycles. The molecule has 8 N–H and O–H groups in total. The Balaban J connectivity index is 1.67. The summed E-state index contributed by atoms with van der Waals surface area (Å²) in [6, 6.07) is 13.2. The highest BCUT2D eigenvalue weighted by atomic mass is 16.5. The van der Waals surface area contributed by atoms with E-state index in [1.54, 1.807) is 30.5 Å². The SMILES string of the molecule is CC(=O)C(CCCCN(N)/C=C(\N)CCCC=O)NC(=O)CCOCCNC(=O)CCC(C)(c1ccc(O)cc1)c1ccc(O)cc1. The molecular formula is C35H51N5O7. The number of hydrogen-bond acceptors (Lipinski definition) is 10. The second kappa shape index (κ2) is 20.7. The number of benzene rings is 2. The number of hydrazine groups is 1. The van der Waals surface area contributed by atoms with Crippen LogP contribution >= 0.6 is 0 Å². The quantitative estimate of drug-likeness (QED) is 0.0448. The molecule has 0 fully saturated rings. The number of aromatic hydroxyl groups is 2. The lowest BCUT2D eigenvalue weighted by Crippen LogP contribution is -2.40. The van der Waals surface area contributed by atoms with Gasteiger partial charge in [-0.3, -0.25) is 14.4 Å². The molecule has 0 aliphatic carbocycles. The summed E-state index contributed by atoms with van der Waals surface area (Å²) in [4.78, 5) is 47.5. The molecule has 0 aliphatic rings. The summed E-state index contributed by atoms with van der Waals surface area (Å²) in [6.45, 7) is 4.66. The van der Waals surface area contributed by atoms with Crippen LogP contribution in [0.25, 0.3) is 0 Å². The summed E-state index contributed by atoms with van der Waals surface area (Å²) in [5.41, 5.74) is 7.84. The van der Waals surface area contributed by atoms with Gasteiger partial charge in [0.05, 0.1) is 19.3 Å². The lowest BCUT2D eigenvalue weighted by atomic mass is 9.73. The van der Waals surface area contributed by atoms with E-state index in [0.29, 0.717) is 57.2 Å². The van der Waals surface area contributed by atoms with E-state index in [4.69, 9.17) is 16.3 Å². The first-order valence-electron chi connectivity index (χ1n) is 16.1. The van der Waals surface area contributed by atoms with Crippen molar-refractivity contribution in [3.63, 3.8) is 0 Å². The summed E-state index contributed by atoms with van der Waals surface area (Å²) in [7, 11) is 0. The average Bonchev–Trinajstić information content (AvgIpc) is 3.03. The Labute approximate surface area is 277 Å². The van der Waals surface area contributed by atoms with Crippen LogP contribution in [0.2, 0.25) is 0 Å². The fourth-order valence-electron chi connectivity index (χ4n) is 5.11. The van der Waals surface area contributed by atoms with Gasteiger partial charge >= 0.3 is 0 Å². The predicted molar refractivity (Wildman–Crippen MR) is 180 cm³/mol. The molecule has 12 nitrogen and oxygen atoms in total. The third-order valence-electron chi connectivity index (χ3n) is 8.01. The van der Waals surface area contributed by atoms with Crippen molar-refractivity contribution >= 4 is 23.9 Å². The maximum absolute atomic E-state index is 12.7. The monoisotopic (exact) mass is 653 g/mol. The molecule has 12 heteroatoms. The number of hydrogen-bond donors (Lipinski definition) is 6. The number of phenols is 2. The van der Waals surface area contributed by atoms with Gasteiger partial charge in [0.15, 0.2) is 5.78 Å². The van der Waals surface area contributed by atoms with E-state index < -0.39 is 11.5 Å². The van der Waals surface area contributed by atoms with Crippen molar-refractivity contribution in [2.45, 2.75) is 83.1 Å². The van der Waals surface area contributed by atoms with Crippen LogP contribution in [0.5, 0.6) is 11.5 Å². The highest BCUT2D eigenvalue weighted by Gasteiger charge is 2.29. The van der Waals surface area contributed by atoms with Gasteiger partial charge in [-0.2, -0.15) is 0 Å². The number of rotatable bonds is 23. The number of aldehydes is 1. The third kappa shape index (κ3) is 14.7. The number of ether oxygens (including phenoxy) is 1. The number of unbranched alkanes of at least 4 members (excludes halogenated alkanes) is 2. The first-order chi connectivity index (χ1) is 22.4. The molecule has 0 spiro atoms. The number of carbonyl (C=O) groups is 4. The van der Waals surface area contributed by atoms with Crippen LogP contribution < -0.4 is 22.2 Å². The van der Waals surface area contributed by atoms with Gasteiger partial charge in [0.2, 0.25) is 11.8 Å². The van der Waals surface area contributed by atoms with Crippen molar-refractivity contribution in [1.82, 2.24) is 15.6 Å². The Morgan fingerprint density at radius 3 is 2.11 bits per heavy atom. The van der Waals surface area contributed by atoms with Crippen LogP contribution in [0.1, 0.15) is 82.8 Å². The molecule has 258 valence electrons. The summed E-state index contributed by atoms with van der Waals surface area (Å²) in [5.74, 6) is 5.69. The van der Waals surface area contributed by atoms with Crippen LogP contribution in [0.4, 0.5) is 0 Å². The van der Waals surface area contributed by atoms with E-state index >= 15 is 0 Å². The first kappa shape index (κ1) is 38.8. The number of ketones is 1. The maximum Gasteiger partial charge on any atom is 0.222 e. The van der Waals surface area contributed by atoms with E-state index in [9.17, 15) is 29.4 Å². The van der Waals surface area contributed by atoms with Gasteiger partial charge in [-0.15, -0.1) is 0 Å². The third-order valence-corrected chi connectivity index (χ3v) is 8.01. The van der Waals surface area contributed by atoms with E-state index in [2.05, 4.69) is 10.6 Å². The molecule has 47 heavy (non-hydrogen) atoms. The van der Waals surface area contributed by atoms with Gasteiger partial charge < -0.3 is 41.1 Å². The number of nitrogens with one attached hydrogen (secondary N) is 2. The van der Waals surface area contributed by atoms with Crippen molar-refractivity contribution in [3.8, 4) is 11.5 Å². The number of allylic oxidation sites excluding steroid dienone is 1. The topological polar surface area (TPSA) is 197 Å². The second-order valence-corrected chi connectivity index (χ2v) is 11.9. The van der Waals surface area contributed by atoms with Crippen LogP contribution in [-0.4, -0.2) is 71.5 Å². The normalized spacial score (nSPS) is 12.3. The van der Waals surface area contributed by atoms with Gasteiger partial charge in [0.25, 0.3) is 0 Å². The summed E-state index contributed by atoms with van der Waals surface area (Å²) in [6.07, 6.45) is 6.91. The van der Waals surface area contributed by atoms with Crippen LogP contribution in [0.3, 0.4) is 0 Å². The highest BCUT2D eigenvalue weighted by Crippen LogP contribution is 2.37. The Morgan fingerprint density at radius 2 is 1.53 bits per heavy atom. The zero-order chi connectivity index (χ0) is 34.7. The molecule has 2 rings (SSSR count). The number of nitrogens with zero attached hydrogens (tertiary/aromatic N) is 1. The van der Waals surface area contributed by atoms with E-state index in [1.165, 1.54) is 11.9 Å². The zero-order valence-corrected chi connectivity index (χ0v) is 27.6. The molecule has 2 aromatic rings. The Bertz CT molecular complexity index is 1250. The second-order valence-electron chi connectivity index (χ2n) is 11.9. The molecule has 2 amide bonds. The number of carbonyl (C=O) groups excluding carboxylic acids is 4. The van der Waals surface area contributed by atoms with Gasteiger partial charge in [-0.1, -0.05) is 31.2 Å². The molecule has 0 heterocycles. The van der Waals surface area contributed by atoms with Crippen molar-refractivity contribution in [1.29, 1.82) is 0 Å². The standard InChI is InChI=1S/C35H51N5O7/c1-26(42)32(8-3-5-21-40(37)25-29(36)7-4-6-22-41)39-34(46)18-23-47-24-20-38-33(45)17-19-35(2,27-9-13-30(43)14-10-27)28-11-15-31(44)16-12-28/h9-16,22,25,32,43-44H,3-8,17-21,23-24,36-37H2,1-2H3,(H,38,45)(H,39,46)/b29-25-. The molecular weight excluding hydrogens is 602 g/mol. The molecule has 0 saturated carbocycles. The van der Waals surface area contributed by atoms with Crippen molar-refractivity contribution in [2.75, 3.05) is 26.3 Å². The van der Waals surface area contributed by atoms with Gasteiger partial charge in [0, 0.05) is 49.7 Å². The number of Topliss-reactive ketones (excluding diaryl/α,β-unsaturated/α-hetero) is 1. The van der Waals surface area contributed by atoms with Crippen molar-refractivity contribution < 1.29 is 34.1 Å².